The zero-order valence-electron chi connectivity index (χ0n) is 17.3. The second-order valence-electron chi connectivity index (χ2n) is 7.32. The van der Waals surface area contributed by atoms with Crippen LogP contribution in [0.4, 0.5) is 5.13 Å². The molecule has 148 valence electrons. The van der Waals surface area contributed by atoms with Crippen LogP contribution in [0.1, 0.15) is 30.5 Å². The number of carbonyl (C=O) groups is 1. The maximum atomic E-state index is 13.2. The van der Waals surface area contributed by atoms with Crippen LogP contribution in [0.2, 0.25) is 0 Å². The van der Waals surface area contributed by atoms with Crippen molar-refractivity contribution in [3.8, 4) is 0 Å². The number of fused-ring (bicyclic) bond motifs is 1. The third-order valence-electron chi connectivity index (χ3n) is 5.41. The standard InChI is InChI=1S/C23H29N3OS/c1-5-25(6-2)12-13-26(22(27)16-19-10-8-7-9-11-19)23-24-20-14-17(3)18(4)15-21(20)28-23/h7-11,14-15H,5-6,12-13,16H2,1-4H3/p+1. The second-order valence-corrected chi connectivity index (χ2v) is 8.32. The SMILES string of the molecule is CC[NH+](CC)CCN(C(=O)Cc1ccccc1)c1nc2cc(C)c(C)cc2s1. The molecule has 4 nitrogen and oxygen atoms in total. The molecule has 2 aromatic carbocycles. The summed E-state index contributed by atoms with van der Waals surface area (Å²) >= 11 is 1.62. The minimum atomic E-state index is 0.116. The van der Waals surface area contributed by atoms with E-state index in [1.807, 2.05) is 35.2 Å². The number of rotatable bonds is 8. The molecule has 0 atom stereocenters. The first-order valence-electron chi connectivity index (χ1n) is 10.1. The molecule has 0 aliphatic heterocycles. The van der Waals surface area contributed by atoms with E-state index in [1.54, 1.807) is 11.3 Å². The Morgan fingerprint density at radius 3 is 2.43 bits per heavy atom. The molecule has 28 heavy (non-hydrogen) atoms. The number of likely N-dealkylation sites (N-methyl/N-ethyl adjacent to an activating group) is 1. The average molecular weight is 397 g/mol. The lowest BCUT2D eigenvalue weighted by atomic mass is 10.1. The molecule has 1 amide bonds. The quantitative estimate of drug-likeness (QED) is 0.634. The van der Waals surface area contributed by atoms with Gasteiger partial charge in [0, 0.05) is 0 Å². The number of benzene rings is 2. The van der Waals surface area contributed by atoms with Gasteiger partial charge in [0.05, 0.1) is 42.8 Å². The van der Waals surface area contributed by atoms with Gasteiger partial charge in [-0.25, -0.2) is 4.98 Å². The Morgan fingerprint density at radius 1 is 1.07 bits per heavy atom. The molecular weight excluding hydrogens is 366 g/mol. The Bertz CT molecular complexity index is 893. The number of hydrogen-bond donors (Lipinski definition) is 1. The fraction of sp³-hybridized carbons (Fsp3) is 0.391. The summed E-state index contributed by atoms with van der Waals surface area (Å²) in [5.74, 6) is 0.116. The lowest BCUT2D eigenvalue weighted by molar-refractivity contribution is -0.894. The van der Waals surface area contributed by atoms with Crippen molar-refractivity contribution in [2.45, 2.75) is 34.1 Å². The Kier molecular flexibility index (Phi) is 6.81. The van der Waals surface area contributed by atoms with Gasteiger partial charge in [-0.15, -0.1) is 0 Å². The van der Waals surface area contributed by atoms with Gasteiger partial charge in [-0.1, -0.05) is 41.7 Å². The Morgan fingerprint density at radius 2 is 1.75 bits per heavy atom. The lowest BCUT2D eigenvalue weighted by Crippen LogP contribution is -3.12. The normalized spacial score (nSPS) is 11.3. The highest BCUT2D eigenvalue weighted by Crippen LogP contribution is 2.31. The third kappa shape index (κ3) is 4.78. The maximum Gasteiger partial charge on any atom is 0.233 e. The predicted molar refractivity (Wildman–Crippen MR) is 119 cm³/mol. The molecule has 0 unspecified atom stereocenters. The van der Waals surface area contributed by atoms with Gasteiger partial charge in [-0.05, 0) is 56.5 Å². The van der Waals surface area contributed by atoms with Gasteiger partial charge >= 0.3 is 0 Å². The summed E-state index contributed by atoms with van der Waals surface area (Å²) < 4.78 is 1.14. The molecule has 0 aliphatic rings. The van der Waals surface area contributed by atoms with E-state index in [2.05, 4.69) is 39.8 Å². The number of thiazole rings is 1. The lowest BCUT2D eigenvalue weighted by Gasteiger charge is -2.23. The Hall–Kier alpha value is -2.24. The van der Waals surface area contributed by atoms with Crippen LogP contribution in [0.5, 0.6) is 0 Å². The van der Waals surface area contributed by atoms with Crippen LogP contribution in [-0.2, 0) is 11.2 Å². The van der Waals surface area contributed by atoms with Crippen LogP contribution in [0, 0.1) is 13.8 Å². The number of hydrogen-bond acceptors (Lipinski definition) is 3. The molecule has 0 radical (unpaired) electrons. The first-order chi connectivity index (χ1) is 13.5. The maximum absolute atomic E-state index is 13.2. The van der Waals surface area contributed by atoms with Crippen LogP contribution in [0.25, 0.3) is 10.2 Å². The number of anilines is 1. The minimum absolute atomic E-state index is 0.116. The monoisotopic (exact) mass is 396 g/mol. The molecule has 0 saturated carbocycles. The molecule has 5 heteroatoms. The molecule has 1 aromatic heterocycles. The van der Waals surface area contributed by atoms with Gasteiger partial charge in [0.15, 0.2) is 5.13 Å². The summed E-state index contributed by atoms with van der Waals surface area (Å²) in [6, 6.07) is 14.3. The predicted octanol–water partition coefficient (Wildman–Crippen LogP) is 3.41. The zero-order valence-corrected chi connectivity index (χ0v) is 18.1. The van der Waals surface area contributed by atoms with Gasteiger partial charge < -0.3 is 4.90 Å². The van der Waals surface area contributed by atoms with E-state index >= 15 is 0 Å². The van der Waals surface area contributed by atoms with Crippen LogP contribution in [0.3, 0.4) is 0 Å². The van der Waals surface area contributed by atoms with Crippen molar-refractivity contribution in [2.24, 2.45) is 0 Å². The van der Waals surface area contributed by atoms with Crippen LogP contribution >= 0.6 is 11.3 Å². The number of aromatic nitrogens is 1. The van der Waals surface area contributed by atoms with E-state index in [4.69, 9.17) is 4.98 Å². The summed E-state index contributed by atoms with van der Waals surface area (Å²) in [4.78, 5) is 21.4. The van der Waals surface area contributed by atoms with E-state index in [0.717, 1.165) is 40.5 Å². The highest BCUT2D eigenvalue weighted by molar-refractivity contribution is 7.22. The molecule has 0 saturated heterocycles. The molecule has 1 heterocycles. The van der Waals surface area contributed by atoms with Crippen molar-refractivity contribution < 1.29 is 9.69 Å². The highest BCUT2D eigenvalue weighted by atomic mass is 32.1. The van der Waals surface area contributed by atoms with Crippen LogP contribution in [-0.4, -0.2) is 37.1 Å². The highest BCUT2D eigenvalue weighted by Gasteiger charge is 2.22. The van der Waals surface area contributed by atoms with Crippen molar-refractivity contribution in [1.82, 2.24) is 4.98 Å². The van der Waals surface area contributed by atoms with Gasteiger partial charge in [-0.2, -0.15) is 0 Å². The van der Waals surface area contributed by atoms with E-state index < -0.39 is 0 Å². The zero-order chi connectivity index (χ0) is 20.1. The van der Waals surface area contributed by atoms with Crippen molar-refractivity contribution in [3.05, 3.63) is 59.2 Å². The topological polar surface area (TPSA) is 37.6 Å². The first-order valence-corrected chi connectivity index (χ1v) is 10.9. The molecule has 3 aromatic rings. The number of carbonyl (C=O) groups excluding carboxylic acids is 1. The number of amides is 1. The van der Waals surface area contributed by atoms with Crippen LogP contribution < -0.4 is 9.80 Å². The molecule has 0 fully saturated rings. The van der Waals surface area contributed by atoms with E-state index in [-0.39, 0.29) is 5.91 Å². The Labute approximate surface area is 171 Å². The average Bonchev–Trinajstić information content (AvgIpc) is 3.08. The number of nitrogens with zero attached hydrogens (tertiary/aromatic N) is 2. The molecule has 3 rings (SSSR count). The van der Waals surface area contributed by atoms with Gasteiger partial charge in [0.2, 0.25) is 5.91 Å². The van der Waals surface area contributed by atoms with Gasteiger partial charge in [-0.3, -0.25) is 9.69 Å². The van der Waals surface area contributed by atoms with Crippen molar-refractivity contribution in [2.75, 3.05) is 31.1 Å². The number of aryl methyl sites for hydroxylation is 2. The van der Waals surface area contributed by atoms with E-state index in [1.165, 1.54) is 16.0 Å². The molecule has 1 N–H and O–H groups in total. The van der Waals surface area contributed by atoms with Gasteiger partial charge in [0.25, 0.3) is 0 Å². The molecular formula is C23H30N3OS+. The van der Waals surface area contributed by atoms with Crippen molar-refractivity contribution >= 4 is 32.6 Å². The summed E-state index contributed by atoms with van der Waals surface area (Å²) in [5, 5.41) is 0.812. The first kappa shape index (κ1) is 20.5. The van der Waals surface area contributed by atoms with Gasteiger partial charge in [0.1, 0.15) is 0 Å². The molecule has 0 bridgehead atoms. The Balaban J connectivity index is 1.89. The second kappa shape index (κ2) is 9.30. The summed E-state index contributed by atoms with van der Waals surface area (Å²) in [6.45, 7) is 12.4. The largest absolute Gasteiger partial charge is 0.334 e. The van der Waals surface area contributed by atoms with E-state index in [0.29, 0.717) is 13.0 Å². The summed E-state index contributed by atoms with van der Waals surface area (Å²) in [5.41, 5.74) is 4.52. The number of nitrogens with one attached hydrogen (secondary N) is 1. The molecule has 0 aliphatic carbocycles. The number of quaternary nitrogens is 1. The van der Waals surface area contributed by atoms with E-state index in [9.17, 15) is 4.79 Å². The minimum Gasteiger partial charge on any atom is -0.334 e. The summed E-state index contributed by atoms with van der Waals surface area (Å²) in [6.07, 6.45) is 0.405. The van der Waals surface area contributed by atoms with Crippen molar-refractivity contribution in [3.63, 3.8) is 0 Å². The van der Waals surface area contributed by atoms with Crippen LogP contribution in [0.15, 0.2) is 42.5 Å². The fourth-order valence-electron chi connectivity index (χ4n) is 3.35. The third-order valence-corrected chi connectivity index (χ3v) is 6.45. The summed E-state index contributed by atoms with van der Waals surface area (Å²) in [7, 11) is 0. The fourth-order valence-corrected chi connectivity index (χ4v) is 4.44. The van der Waals surface area contributed by atoms with Crippen molar-refractivity contribution in [1.29, 1.82) is 0 Å². The smallest absolute Gasteiger partial charge is 0.233 e. The molecule has 0 spiro atoms.